The van der Waals surface area contributed by atoms with Crippen LogP contribution in [-0.4, -0.2) is 18.3 Å². The van der Waals surface area contributed by atoms with Gasteiger partial charge in [0.1, 0.15) is 0 Å². The van der Waals surface area contributed by atoms with E-state index >= 15 is 0 Å². The molecule has 0 amide bonds. The van der Waals surface area contributed by atoms with Crippen molar-refractivity contribution in [1.82, 2.24) is 0 Å². The van der Waals surface area contributed by atoms with Crippen LogP contribution in [0.15, 0.2) is 64.8 Å². The van der Waals surface area contributed by atoms with Gasteiger partial charge in [-0.25, -0.2) is 0 Å². The van der Waals surface area contributed by atoms with E-state index in [1.165, 1.54) is 0 Å². The fraction of sp³-hybridized carbons (Fsp3) is 0.333. The summed E-state index contributed by atoms with van der Waals surface area (Å²) in [5, 5.41) is 8.68. The lowest BCUT2D eigenvalue weighted by Crippen LogP contribution is -2.41. The quantitative estimate of drug-likeness (QED) is 0.623. The number of nitrogens with zero attached hydrogens (tertiary/aromatic N) is 2. The summed E-state index contributed by atoms with van der Waals surface area (Å²) in [6.07, 6.45) is 0. The maximum Gasteiger partial charge on any atom is 0.497 e. The van der Waals surface area contributed by atoms with Crippen molar-refractivity contribution in [3.63, 3.8) is 0 Å². The lowest BCUT2D eigenvalue weighted by atomic mass is 9.78. The first-order valence-corrected chi connectivity index (χ1v) is 7.80. The molecule has 1 aliphatic rings. The molecule has 0 aliphatic carbocycles. The Morgan fingerprint density at radius 1 is 0.739 bits per heavy atom. The van der Waals surface area contributed by atoms with E-state index in [1.54, 1.807) is 0 Å². The molecule has 1 saturated heterocycles. The van der Waals surface area contributed by atoms with Crippen LogP contribution >= 0.6 is 0 Å². The molecule has 118 valence electrons. The van der Waals surface area contributed by atoms with Gasteiger partial charge in [0.05, 0.1) is 22.6 Å². The third-order valence-corrected chi connectivity index (χ3v) is 4.47. The zero-order valence-corrected chi connectivity index (χ0v) is 14.0. The van der Waals surface area contributed by atoms with Crippen LogP contribution in [0, 0.1) is 0 Å². The number of benzene rings is 2. The second kappa shape index (κ2) is 5.91. The Kier molecular flexibility index (Phi) is 4.09. The standard InChI is InChI=1S/C18H21BN2O2/c1-17(2)18(3,4)23-19(22-17)15-12-8-9-13-16(15)21-20-14-10-6-5-7-11-14/h5-13H,1-4H3. The van der Waals surface area contributed by atoms with E-state index in [0.717, 1.165) is 16.8 Å². The first-order chi connectivity index (χ1) is 10.9. The molecule has 0 unspecified atom stereocenters. The summed E-state index contributed by atoms with van der Waals surface area (Å²) in [6, 6.07) is 17.5. The zero-order valence-electron chi connectivity index (χ0n) is 14.0. The van der Waals surface area contributed by atoms with Crippen molar-refractivity contribution in [2.24, 2.45) is 10.2 Å². The van der Waals surface area contributed by atoms with Gasteiger partial charge < -0.3 is 9.31 Å². The number of hydrogen-bond acceptors (Lipinski definition) is 4. The van der Waals surface area contributed by atoms with Crippen molar-refractivity contribution < 1.29 is 9.31 Å². The van der Waals surface area contributed by atoms with Gasteiger partial charge in [0.2, 0.25) is 0 Å². The third kappa shape index (κ3) is 3.21. The van der Waals surface area contributed by atoms with E-state index in [-0.39, 0.29) is 11.2 Å². The van der Waals surface area contributed by atoms with Crippen molar-refractivity contribution in [1.29, 1.82) is 0 Å². The minimum atomic E-state index is -0.439. The van der Waals surface area contributed by atoms with Gasteiger partial charge in [-0.2, -0.15) is 10.2 Å². The Hall–Kier alpha value is -1.98. The maximum atomic E-state index is 6.12. The molecule has 0 radical (unpaired) electrons. The van der Waals surface area contributed by atoms with E-state index in [2.05, 4.69) is 10.2 Å². The lowest BCUT2D eigenvalue weighted by molar-refractivity contribution is 0.00578. The number of hydrogen-bond donors (Lipinski definition) is 0. The van der Waals surface area contributed by atoms with Crippen LogP contribution < -0.4 is 5.46 Å². The fourth-order valence-corrected chi connectivity index (χ4v) is 2.35. The molecule has 0 atom stereocenters. The van der Waals surface area contributed by atoms with Crippen LogP contribution in [0.25, 0.3) is 0 Å². The van der Waals surface area contributed by atoms with Gasteiger partial charge in [0.25, 0.3) is 0 Å². The van der Waals surface area contributed by atoms with E-state index in [4.69, 9.17) is 9.31 Å². The Morgan fingerprint density at radius 3 is 1.96 bits per heavy atom. The molecule has 1 aliphatic heterocycles. The van der Waals surface area contributed by atoms with Crippen LogP contribution in [-0.2, 0) is 9.31 Å². The second-order valence-electron chi connectivity index (χ2n) is 6.68. The average molecular weight is 308 g/mol. The van der Waals surface area contributed by atoms with E-state index < -0.39 is 7.12 Å². The van der Waals surface area contributed by atoms with Gasteiger partial charge in [0, 0.05) is 5.46 Å². The summed E-state index contributed by atoms with van der Waals surface area (Å²) in [6.45, 7) is 8.17. The topological polar surface area (TPSA) is 43.2 Å². The normalized spacial score (nSPS) is 19.4. The fourth-order valence-electron chi connectivity index (χ4n) is 2.35. The molecule has 0 saturated carbocycles. The molecule has 5 heteroatoms. The number of azo groups is 1. The smallest absolute Gasteiger partial charge is 0.399 e. The predicted octanol–water partition coefficient (Wildman–Crippen LogP) is 4.40. The SMILES string of the molecule is CC1(C)OB(c2ccccc2N=Nc2ccccc2)OC1(C)C. The summed E-state index contributed by atoms with van der Waals surface area (Å²) in [7, 11) is -0.439. The lowest BCUT2D eigenvalue weighted by Gasteiger charge is -2.32. The molecule has 2 aromatic rings. The van der Waals surface area contributed by atoms with Gasteiger partial charge >= 0.3 is 7.12 Å². The Bertz CT molecular complexity index is 698. The molecule has 1 fully saturated rings. The third-order valence-electron chi connectivity index (χ3n) is 4.47. The van der Waals surface area contributed by atoms with Crippen molar-refractivity contribution in [2.75, 3.05) is 0 Å². The highest BCUT2D eigenvalue weighted by atomic mass is 16.7. The van der Waals surface area contributed by atoms with Crippen LogP contribution in [0.2, 0.25) is 0 Å². The molecule has 2 aromatic carbocycles. The second-order valence-corrected chi connectivity index (χ2v) is 6.68. The van der Waals surface area contributed by atoms with Crippen molar-refractivity contribution in [3.8, 4) is 0 Å². The summed E-state index contributed by atoms with van der Waals surface area (Å²) in [4.78, 5) is 0. The molecule has 0 bridgehead atoms. The summed E-state index contributed by atoms with van der Waals surface area (Å²) in [5.41, 5.74) is 1.72. The molecule has 0 aromatic heterocycles. The maximum absolute atomic E-state index is 6.12. The number of rotatable bonds is 3. The van der Waals surface area contributed by atoms with E-state index in [1.807, 2.05) is 82.3 Å². The van der Waals surface area contributed by atoms with Crippen molar-refractivity contribution >= 4 is 24.0 Å². The van der Waals surface area contributed by atoms with Gasteiger partial charge in [0.15, 0.2) is 0 Å². The van der Waals surface area contributed by atoms with Crippen molar-refractivity contribution in [2.45, 2.75) is 38.9 Å². The largest absolute Gasteiger partial charge is 0.497 e. The molecule has 0 N–H and O–H groups in total. The molecule has 3 rings (SSSR count). The average Bonchev–Trinajstić information content (AvgIpc) is 2.75. The summed E-state index contributed by atoms with van der Waals surface area (Å²) < 4.78 is 12.2. The van der Waals surface area contributed by atoms with E-state index in [0.29, 0.717) is 0 Å². The zero-order chi connectivity index (χ0) is 16.5. The minimum absolute atomic E-state index is 0.374. The first-order valence-electron chi connectivity index (χ1n) is 7.80. The Balaban J connectivity index is 1.89. The first kappa shape index (κ1) is 15.9. The van der Waals surface area contributed by atoms with Gasteiger partial charge in [-0.3, -0.25) is 0 Å². The monoisotopic (exact) mass is 308 g/mol. The van der Waals surface area contributed by atoms with Crippen LogP contribution in [0.5, 0.6) is 0 Å². The van der Waals surface area contributed by atoms with Crippen molar-refractivity contribution in [3.05, 3.63) is 54.6 Å². The van der Waals surface area contributed by atoms with Crippen LogP contribution in [0.1, 0.15) is 27.7 Å². The molecule has 4 nitrogen and oxygen atoms in total. The Labute approximate surface area is 137 Å². The van der Waals surface area contributed by atoms with E-state index in [9.17, 15) is 0 Å². The van der Waals surface area contributed by atoms with Gasteiger partial charge in [-0.15, -0.1) is 0 Å². The van der Waals surface area contributed by atoms with Crippen LogP contribution in [0.3, 0.4) is 0 Å². The summed E-state index contributed by atoms with van der Waals surface area (Å²) >= 11 is 0. The predicted molar refractivity (Wildman–Crippen MR) is 92.8 cm³/mol. The molecule has 1 heterocycles. The highest BCUT2D eigenvalue weighted by Crippen LogP contribution is 2.37. The molecule has 0 spiro atoms. The van der Waals surface area contributed by atoms with Gasteiger partial charge in [-0.05, 0) is 45.9 Å². The highest BCUT2D eigenvalue weighted by molar-refractivity contribution is 6.63. The minimum Gasteiger partial charge on any atom is -0.399 e. The molecular formula is C18H21BN2O2. The highest BCUT2D eigenvalue weighted by Gasteiger charge is 2.52. The van der Waals surface area contributed by atoms with Crippen LogP contribution in [0.4, 0.5) is 11.4 Å². The molecule has 23 heavy (non-hydrogen) atoms. The Morgan fingerprint density at radius 2 is 1.30 bits per heavy atom. The summed E-state index contributed by atoms with van der Waals surface area (Å²) in [5.74, 6) is 0. The molecular weight excluding hydrogens is 287 g/mol. The van der Waals surface area contributed by atoms with Gasteiger partial charge in [-0.1, -0.05) is 36.4 Å².